The van der Waals surface area contributed by atoms with Crippen molar-refractivity contribution in [2.75, 3.05) is 11.9 Å². The Bertz CT molecular complexity index is 885. The molecule has 6 nitrogen and oxygen atoms in total. The van der Waals surface area contributed by atoms with Gasteiger partial charge in [0, 0.05) is 11.8 Å². The van der Waals surface area contributed by atoms with Crippen molar-refractivity contribution in [3.8, 4) is 0 Å². The fourth-order valence-electron chi connectivity index (χ4n) is 2.34. The van der Waals surface area contributed by atoms with E-state index in [1.54, 1.807) is 31.2 Å². The second-order valence-corrected chi connectivity index (χ2v) is 6.57. The number of rotatable bonds is 4. The molecule has 2 aromatic rings. The van der Waals surface area contributed by atoms with Gasteiger partial charge in [0.25, 0.3) is 11.1 Å². The third kappa shape index (κ3) is 3.83. The molecule has 0 saturated carbocycles. The first-order chi connectivity index (χ1) is 11.9. The molecule has 0 radical (unpaired) electrons. The van der Waals surface area contributed by atoms with E-state index in [1.807, 2.05) is 19.1 Å². The molecule has 1 aromatic heterocycles. The first-order valence-electron chi connectivity index (χ1n) is 7.61. The van der Waals surface area contributed by atoms with Crippen molar-refractivity contribution >= 4 is 40.6 Å². The number of aryl methyl sites for hydroxylation is 2. The number of para-hydroxylation sites is 1. The lowest BCUT2D eigenvalue weighted by Crippen LogP contribution is -2.36. The smallest absolute Gasteiger partial charge is 0.294 e. The minimum atomic E-state index is -0.496. The minimum absolute atomic E-state index is 0.239. The number of hydrogen-bond donors (Lipinski definition) is 1. The van der Waals surface area contributed by atoms with Gasteiger partial charge in [0.1, 0.15) is 18.1 Å². The van der Waals surface area contributed by atoms with Crippen LogP contribution in [0, 0.1) is 13.8 Å². The van der Waals surface area contributed by atoms with E-state index in [1.165, 1.54) is 6.08 Å². The molecule has 1 fully saturated rings. The molecule has 1 N–H and O–H groups in total. The van der Waals surface area contributed by atoms with E-state index in [4.69, 9.17) is 4.42 Å². The highest BCUT2D eigenvalue weighted by molar-refractivity contribution is 8.18. The summed E-state index contributed by atoms with van der Waals surface area (Å²) in [6.07, 6.45) is 1.51. The fraction of sp³-hybridized carbons (Fsp3) is 0.167. The average Bonchev–Trinajstić information content (AvgIpc) is 3.08. The molecule has 0 bridgehead atoms. The Morgan fingerprint density at radius 2 is 1.96 bits per heavy atom. The zero-order valence-corrected chi connectivity index (χ0v) is 14.6. The van der Waals surface area contributed by atoms with Gasteiger partial charge in [-0.25, -0.2) is 0 Å². The maximum atomic E-state index is 12.4. The normalized spacial score (nSPS) is 15.9. The van der Waals surface area contributed by atoms with Gasteiger partial charge in [-0.2, -0.15) is 0 Å². The summed E-state index contributed by atoms with van der Waals surface area (Å²) >= 11 is 0.796. The van der Waals surface area contributed by atoms with Gasteiger partial charge in [0.15, 0.2) is 0 Å². The summed E-state index contributed by atoms with van der Waals surface area (Å²) in [5, 5.41) is 2.24. The van der Waals surface area contributed by atoms with Gasteiger partial charge < -0.3 is 9.73 Å². The molecule has 3 amide bonds. The van der Waals surface area contributed by atoms with Gasteiger partial charge in [-0.3, -0.25) is 19.3 Å². The molecule has 0 spiro atoms. The van der Waals surface area contributed by atoms with Crippen molar-refractivity contribution in [2.45, 2.75) is 13.8 Å². The highest BCUT2D eigenvalue weighted by Crippen LogP contribution is 2.32. The number of benzene rings is 1. The third-order valence-electron chi connectivity index (χ3n) is 3.63. The number of carbonyl (C=O) groups is 3. The largest absolute Gasteiger partial charge is 0.462 e. The van der Waals surface area contributed by atoms with Crippen LogP contribution >= 0.6 is 11.8 Å². The van der Waals surface area contributed by atoms with Crippen LogP contribution in [0.1, 0.15) is 17.1 Å². The van der Waals surface area contributed by atoms with Crippen LogP contribution in [0.4, 0.5) is 10.5 Å². The SMILES string of the molecule is Cc1ccc(/C=C2/SC(=O)N(CC(=O)Nc3ccccc3C)C2=O)o1. The lowest BCUT2D eigenvalue weighted by molar-refractivity contribution is -0.127. The van der Waals surface area contributed by atoms with Crippen molar-refractivity contribution in [3.05, 3.63) is 58.4 Å². The topological polar surface area (TPSA) is 79.6 Å². The van der Waals surface area contributed by atoms with Gasteiger partial charge in [0.05, 0.1) is 4.91 Å². The second kappa shape index (κ2) is 6.98. The summed E-state index contributed by atoms with van der Waals surface area (Å²) in [7, 11) is 0. The summed E-state index contributed by atoms with van der Waals surface area (Å²) in [5.74, 6) is 0.283. The second-order valence-electron chi connectivity index (χ2n) is 5.58. The lowest BCUT2D eigenvalue weighted by atomic mass is 10.2. The lowest BCUT2D eigenvalue weighted by Gasteiger charge is -2.13. The van der Waals surface area contributed by atoms with E-state index < -0.39 is 17.1 Å². The predicted molar refractivity (Wildman–Crippen MR) is 95.9 cm³/mol. The Morgan fingerprint density at radius 3 is 2.64 bits per heavy atom. The van der Waals surface area contributed by atoms with Crippen LogP contribution in [-0.4, -0.2) is 28.5 Å². The number of anilines is 1. The molecule has 128 valence electrons. The van der Waals surface area contributed by atoms with Crippen LogP contribution in [0.15, 0.2) is 45.7 Å². The summed E-state index contributed by atoms with van der Waals surface area (Å²) in [6, 6.07) is 10.8. The van der Waals surface area contributed by atoms with Crippen LogP contribution in [0.25, 0.3) is 6.08 Å². The number of nitrogens with zero attached hydrogens (tertiary/aromatic N) is 1. The van der Waals surface area contributed by atoms with Crippen LogP contribution in [0.3, 0.4) is 0 Å². The van der Waals surface area contributed by atoms with E-state index in [-0.39, 0.29) is 11.4 Å². The number of hydrogen-bond acceptors (Lipinski definition) is 5. The number of imide groups is 1. The Hall–Kier alpha value is -2.80. The maximum absolute atomic E-state index is 12.4. The molecule has 1 aromatic carbocycles. The highest BCUT2D eigenvalue weighted by atomic mass is 32.2. The van der Waals surface area contributed by atoms with Crippen LogP contribution in [-0.2, 0) is 9.59 Å². The zero-order valence-electron chi connectivity index (χ0n) is 13.7. The molecular formula is C18H16N2O4S. The molecule has 0 atom stereocenters. The van der Waals surface area contributed by atoms with Crippen molar-refractivity contribution in [1.29, 1.82) is 0 Å². The molecule has 0 unspecified atom stereocenters. The molecule has 3 rings (SSSR count). The summed E-state index contributed by atoms with van der Waals surface area (Å²) in [4.78, 5) is 37.8. The first-order valence-corrected chi connectivity index (χ1v) is 8.43. The first kappa shape index (κ1) is 17.0. The Morgan fingerprint density at radius 1 is 1.20 bits per heavy atom. The molecule has 25 heavy (non-hydrogen) atoms. The monoisotopic (exact) mass is 356 g/mol. The molecule has 7 heteroatoms. The van der Waals surface area contributed by atoms with Crippen molar-refractivity contribution < 1.29 is 18.8 Å². The van der Waals surface area contributed by atoms with E-state index in [0.717, 1.165) is 22.2 Å². The van der Waals surface area contributed by atoms with E-state index in [9.17, 15) is 14.4 Å². The van der Waals surface area contributed by atoms with Crippen molar-refractivity contribution in [3.63, 3.8) is 0 Å². The third-order valence-corrected chi connectivity index (χ3v) is 4.54. The fourth-order valence-corrected chi connectivity index (χ4v) is 3.16. The Labute approximate surface area is 148 Å². The van der Waals surface area contributed by atoms with Crippen molar-refractivity contribution in [1.82, 2.24) is 4.90 Å². The Kier molecular flexibility index (Phi) is 4.76. The van der Waals surface area contributed by atoms with Crippen LogP contribution < -0.4 is 5.32 Å². The molecule has 1 aliphatic heterocycles. The number of thioether (sulfide) groups is 1. The van der Waals surface area contributed by atoms with Gasteiger partial charge in [0.2, 0.25) is 5.91 Å². The van der Waals surface area contributed by atoms with Crippen LogP contribution in [0.5, 0.6) is 0 Å². The summed E-state index contributed by atoms with van der Waals surface area (Å²) < 4.78 is 5.39. The molecule has 1 aliphatic rings. The highest BCUT2D eigenvalue weighted by Gasteiger charge is 2.36. The standard InChI is InChI=1S/C18H16N2O4S/c1-11-5-3-4-6-14(11)19-16(21)10-20-17(22)15(25-18(20)23)9-13-8-7-12(2)24-13/h3-9H,10H2,1-2H3,(H,19,21)/b15-9+. The van der Waals surface area contributed by atoms with E-state index in [0.29, 0.717) is 17.2 Å². The molecule has 0 aliphatic carbocycles. The number of carbonyl (C=O) groups excluding carboxylic acids is 3. The van der Waals surface area contributed by atoms with E-state index in [2.05, 4.69) is 5.32 Å². The number of amides is 3. The summed E-state index contributed by atoms with van der Waals surface area (Å²) in [5.41, 5.74) is 1.55. The average molecular weight is 356 g/mol. The quantitative estimate of drug-likeness (QED) is 0.847. The van der Waals surface area contributed by atoms with Gasteiger partial charge in [-0.1, -0.05) is 18.2 Å². The summed E-state index contributed by atoms with van der Waals surface area (Å²) in [6.45, 7) is 3.33. The van der Waals surface area contributed by atoms with E-state index >= 15 is 0 Å². The van der Waals surface area contributed by atoms with Crippen LogP contribution in [0.2, 0.25) is 0 Å². The molecule has 2 heterocycles. The molecule has 1 saturated heterocycles. The zero-order chi connectivity index (χ0) is 18.0. The van der Waals surface area contributed by atoms with Gasteiger partial charge >= 0.3 is 0 Å². The van der Waals surface area contributed by atoms with Gasteiger partial charge in [-0.15, -0.1) is 0 Å². The molecular weight excluding hydrogens is 340 g/mol. The number of furan rings is 1. The predicted octanol–water partition coefficient (Wildman–Crippen LogP) is 3.57. The minimum Gasteiger partial charge on any atom is -0.462 e. The van der Waals surface area contributed by atoms with Crippen molar-refractivity contribution in [2.24, 2.45) is 0 Å². The number of nitrogens with one attached hydrogen (secondary N) is 1. The van der Waals surface area contributed by atoms with Gasteiger partial charge in [-0.05, 0) is 49.4 Å². The Balaban J connectivity index is 1.69. The maximum Gasteiger partial charge on any atom is 0.294 e.